The smallest absolute Gasteiger partial charge is 0.241 e. The van der Waals surface area contributed by atoms with Crippen LogP contribution in [0, 0.1) is 5.92 Å². The summed E-state index contributed by atoms with van der Waals surface area (Å²) in [5.41, 5.74) is 7.48. The topological polar surface area (TPSA) is 78.7 Å². The van der Waals surface area contributed by atoms with Crippen molar-refractivity contribution in [3.05, 3.63) is 29.8 Å². The van der Waals surface area contributed by atoms with E-state index in [0.29, 0.717) is 12.1 Å². The predicted octanol–water partition coefficient (Wildman–Crippen LogP) is 1.35. The van der Waals surface area contributed by atoms with Crippen LogP contribution in [0.5, 0.6) is 0 Å². The fourth-order valence-electron chi connectivity index (χ4n) is 2.58. The number of nitrogens with one attached hydrogen (secondary N) is 1. The van der Waals surface area contributed by atoms with Crippen molar-refractivity contribution < 1.29 is 9.59 Å². The van der Waals surface area contributed by atoms with Crippen molar-refractivity contribution in [1.82, 2.24) is 9.80 Å². The van der Waals surface area contributed by atoms with E-state index in [0.717, 1.165) is 31.7 Å². The second kappa shape index (κ2) is 9.75. The molecule has 1 heterocycles. The second-order valence-electron chi connectivity index (χ2n) is 6.82. The summed E-state index contributed by atoms with van der Waals surface area (Å²) in [5, 5.41) is 2.81. The van der Waals surface area contributed by atoms with Crippen molar-refractivity contribution >= 4 is 29.9 Å². The van der Waals surface area contributed by atoms with E-state index in [-0.39, 0.29) is 30.1 Å². The summed E-state index contributed by atoms with van der Waals surface area (Å²) in [6.07, 6.45) is 0.392. The number of halogens is 1. The van der Waals surface area contributed by atoms with Gasteiger partial charge in [-0.3, -0.25) is 9.59 Å². The lowest BCUT2D eigenvalue weighted by atomic mass is 10.0. The van der Waals surface area contributed by atoms with Crippen LogP contribution in [0.2, 0.25) is 0 Å². The summed E-state index contributed by atoms with van der Waals surface area (Å²) in [7, 11) is 2.07. The number of likely N-dealkylation sites (N-methyl/N-ethyl adjacent to an activating group) is 1. The van der Waals surface area contributed by atoms with Gasteiger partial charge < -0.3 is 20.9 Å². The van der Waals surface area contributed by atoms with Crippen molar-refractivity contribution in [3.8, 4) is 0 Å². The maximum atomic E-state index is 12.3. The highest BCUT2D eigenvalue weighted by atomic mass is 35.5. The molecule has 0 bridgehead atoms. The average Bonchev–Trinajstić information content (AvgIpc) is 2.56. The van der Waals surface area contributed by atoms with Gasteiger partial charge in [-0.15, -0.1) is 12.4 Å². The van der Waals surface area contributed by atoms with E-state index in [2.05, 4.69) is 17.3 Å². The molecule has 1 aliphatic heterocycles. The molecule has 140 valence electrons. The van der Waals surface area contributed by atoms with E-state index in [1.165, 1.54) is 0 Å². The van der Waals surface area contributed by atoms with Crippen LogP contribution in [-0.4, -0.2) is 60.9 Å². The van der Waals surface area contributed by atoms with E-state index < -0.39 is 6.04 Å². The van der Waals surface area contributed by atoms with Crippen LogP contribution in [-0.2, 0) is 16.0 Å². The van der Waals surface area contributed by atoms with Crippen molar-refractivity contribution in [2.24, 2.45) is 11.7 Å². The molecule has 0 aliphatic carbocycles. The Morgan fingerprint density at radius 2 is 1.68 bits per heavy atom. The van der Waals surface area contributed by atoms with Crippen molar-refractivity contribution in [1.29, 1.82) is 0 Å². The van der Waals surface area contributed by atoms with Gasteiger partial charge in [-0.2, -0.15) is 0 Å². The Labute approximate surface area is 156 Å². The van der Waals surface area contributed by atoms with E-state index >= 15 is 0 Å². The lowest BCUT2D eigenvalue weighted by Crippen LogP contribution is -2.47. The minimum atomic E-state index is -0.525. The van der Waals surface area contributed by atoms with E-state index in [1.54, 1.807) is 0 Å². The quantitative estimate of drug-likeness (QED) is 0.822. The van der Waals surface area contributed by atoms with E-state index in [9.17, 15) is 9.59 Å². The predicted molar refractivity (Wildman–Crippen MR) is 103 cm³/mol. The monoisotopic (exact) mass is 368 g/mol. The molecule has 25 heavy (non-hydrogen) atoms. The summed E-state index contributed by atoms with van der Waals surface area (Å²) in [6, 6.07) is 6.87. The first kappa shape index (κ1) is 21.4. The van der Waals surface area contributed by atoms with Gasteiger partial charge >= 0.3 is 0 Å². The minimum absolute atomic E-state index is 0. The highest BCUT2D eigenvalue weighted by Crippen LogP contribution is 2.13. The molecule has 7 heteroatoms. The van der Waals surface area contributed by atoms with Crippen LogP contribution >= 0.6 is 12.4 Å². The van der Waals surface area contributed by atoms with Gasteiger partial charge in [0.05, 0.1) is 12.5 Å². The molecule has 1 aromatic carbocycles. The number of hydrogen-bond acceptors (Lipinski definition) is 4. The Bertz CT molecular complexity index is 569. The van der Waals surface area contributed by atoms with Crippen LogP contribution < -0.4 is 11.1 Å². The Morgan fingerprint density at radius 3 is 2.20 bits per heavy atom. The molecule has 1 fully saturated rings. The first-order valence-electron chi connectivity index (χ1n) is 8.48. The molecular weight excluding hydrogens is 340 g/mol. The Hall–Kier alpha value is -1.63. The van der Waals surface area contributed by atoms with Crippen LogP contribution in [0.4, 0.5) is 5.69 Å². The number of piperazine rings is 1. The molecule has 1 saturated heterocycles. The number of carbonyl (C=O) groups excluding carboxylic acids is 2. The third kappa shape index (κ3) is 6.30. The fourth-order valence-corrected chi connectivity index (χ4v) is 2.58. The van der Waals surface area contributed by atoms with Gasteiger partial charge in [0, 0.05) is 31.9 Å². The van der Waals surface area contributed by atoms with Crippen LogP contribution in [0.1, 0.15) is 19.4 Å². The number of nitrogens with two attached hydrogens (primary N) is 1. The van der Waals surface area contributed by atoms with Gasteiger partial charge in [-0.1, -0.05) is 26.0 Å². The maximum absolute atomic E-state index is 12.3. The highest BCUT2D eigenvalue weighted by molar-refractivity contribution is 5.94. The number of nitrogens with zero attached hydrogens (tertiary/aromatic N) is 2. The Morgan fingerprint density at radius 1 is 1.12 bits per heavy atom. The molecule has 6 nitrogen and oxygen atoms in total. The lowest BCUT2D eigenvalue weighted by Gasteiger charge is -2.32. The molecule has 2 rings (SSSR count). The van der Waals surface area contributed by atoms with Crippen LogP contribution in [0.25, 0.3) is 0 Å². The number of anilines is 1. The highest BCUT2D eigenvalue weighted by Gasteiger charge is 2.19. The second-order valence-corrected chi connectivity index (χ2v) is 6.82. The minimum Gasteiger partial charge on any atom is -0.340 e. The average molecular weight is 369 g/mol. The fraction of sp³-hybridized carbons (Fsp3) is 0.556. The maximum Gasteiger partial charge on any atom is 0.241 e. The molecule has 1 atom stereocenters. The molecule has 1 aliphatic rings. The lowest BCUT2D eigenvalue weighted by molar-refractivity contribution is -0.132. The molecule has 0 aromatic heterocycles. The molecular formula is C18H29ClN4O2. The first-order chi connectivity index (χ1) is 11.4. The van der Waals surface area contributed by atoms with E-state index in [4.69, 9.17) is 5.73 Å². The number of amides is 2. The molecule has 2 amide bonds. The third-order valence-corrected chi connectivity index (χ3v) is 4.45. The molecule has 0 spiro atoms. The zero-order chi connectivity index (χ0) is 17.7. The standard InChI is InChI=1S/C18H28N4O2.ClH/c1-13(2)17(19)18(24)20-15-6-4-14(5-7-15)12-16(23)22-10-8-21(3)9-11-22;/h4-7,13,17H,8-12,19H2,1-3H3,(H,20,24);1H/t17-;/m0./s1. The van der Waals surface area contributed by atoms with Gasteiger partial charge in [0.25, 0.3) is 0 Å². The number of carbonyl (C=O) groups is 2. The summed E-state index contributed by atoms with van der Waals surface area (Å²) < 4.78 is 0. The number of rotatable bonds is 5. The normalized spacial score (nSPS) is 16.3. The van der Waals surface area contributed by atoms with Crippen molar-refractivity contribution in [2.45, 2.75) is 26.3 Å². The molecule has 1 aromatic rings. The van der Waals surface area contributed by atoms with Gasteiger partial charge in [0.1, 0.15) is 0 Å². The van der Waals surface area contributed by atoms with Crippen LogP contribution in [0.15, 0.2) is 24.3 Å². The first-order valence-corrected chi connectivity index (χ1v) is 8.48. The van der Waals surface area contributed by atoms with Gasteiger partial charge in [-0.25, -0.2) is 0 Å². The zero-order valence-electron chi connectivity index (χ0n) is 15.2. The largest absolute Gasteiger partial charge is 0.340 e. The SMILES string of the molecule is CC(C)[C@H](N)C(=O)Nc1ccc(CC(=O)N2CCN(C)CC2)cc1.Cl. The third-order valence-electron chi connectivity index (χ3n) is 4.45. The zero-order valence-corrected chi connectivity index (χ0v) is 16.0. The molecule has 3 N–H and O–H groups in total. The summed E-state index contributed by atoms with van der Waals surface area (Å²) in [6.45, 7) is 7.25. The Kier molecular flexibility index (Phi) is 8.35. The number of hydrogen-bond donors (Lipinski definition) is 2. The molecule has 0 unspecified atom stereocenters. The molecule has 0 saturated carbocycles. The van der Waals surface area contributed by atoms with Crippen molar-refractivity contribution in [2.75, 3.05) is 38.5 Å². The van der Waals surface area contributed by atoms with Gasteiger partial charge in [-0.05, 0) is 30.7 Å². The number of benzene rings is 1. The van der Waals surface area contributed by atoms with Gasteiger partial charge in [0.2, 0.25) is 11.8 Å². The summed E-state index contributed by atoms with van der Waals surface area (Å²) in [4.78, 5) is 28.4. The Balaban J connectivity index is 0.00000312. The summed E-state index contributed by atoms with van der Waals surface area (Å²) in [5.74, 6) is 0.0541. The molecule has 0 radical (unpaired) electrons. The van der Waals surface area contributed by atoms with E-state index in [1.807, 2.05) is 43.0 Å². The van der Waals surface area contributed by atoms with Crippen molar-refractivity contribution in [3.63, 3.8) is 0 Å². The summed E-state index contributed by atoms with van der Waals surface area (Å²) >= 11 is 0. The van der Waals surface area contributed by atoms with Gasteiger partial charge in [0.15, 0.2) is 0 Å². The van der Waals surface area contributed by atoms with Crippen LogP contribution in [0.3, 0.4) is 0 Å².